The zero-order chi connectivity index (χ0) is 17.8. The molecule has 132 valence electrons. The summed E-state index contributed by atoms with van der Waals surface area (Å²) in [4.78, 5) is 46.1. The molecule has 3 amide bonds. The third-order valence-electron chi connectivity index (χ3n) is 3.19. The van der Waals surface area contributed by atoms with Crippen LogP contribution in [-0.2, 0) is 19.2 Å². The number of hydrogen-bond acceptors (Lipinski definition) is 6. The highest BCUT2D eigenvalue weighted by Gasteiger charge is 2.25. The number of Topliss-reactive ketones (excluding diaryl/α,β-unsaturated/α-hetero) is 1. The maximum absolute atomic E-state index is 12.3. The number of hydrogen-bond donors (Lipinski definition) is 5. The van der Waals surface area contributed by atoms with Crippen LogP contribution in [0.3, 0.4) is 0 Å². The molecule has 0 aliphatic heterocycles. The second-order valence-electron chi connectivity index (χ2n) is 5.27. The first-order valence-corrected chi connectivity index (χ1v) is 8.14. The summed E-state index contributed by atoms with van der Waals surface area (Å²) in [6.07, 6.45) is 2.02. The molecule has 23 heavy (non-hydrogen) atoms. The van der Waals surface area contributed by atoms with Crippen molar-refractivity contribution >= 4 is 36.1 Å². The molecule has 0 unspecified atom stereocenters. The zero-order valence-corrected chi connectivity index (χ0v) is 14.2. The van der Waals surface area contributed by atoms with Crippen LogP contribution in [0.4, 0.5) is 0 Å². The Morgan fingerprint density at radius 2 is 1.70 bits per heavy atom. The van der Waals surface area contributed by atoms with E-state index in [0.717, 1.165) is 0 Å². The summed E-state index contributed by atoms with van der Waals surface area (Å²) in [7, 11) is 0. The van der Waals surface area contributed by atoms with Gasteiger partial charge in [-0.2, -0.15) is 12.6 Å². The van der Waals surface area contributed by atoms with Crippen molar-refractivity contribution in [2.45, 2.75) is 51.1 Å². The lowest BCUT2D eigenvalue weighted by atomic mass is 10.1. The van der Waals surface area contributed by atoms with Crippen molar-refractivity contribution in [2.24, 2.45) is 11.5 Å². The lowest BCUT2D eigenvalue weighted by molar-refractivity contribution is -0.131. The minimum Gasteiger partial charge on any atom is -0.368 e. The monoisotopic (exact) mass is 346 g/mol. The molecule has 0 aliphatic rings. The Morgan fingerprint density at radius 1 is 1.04 bits per heavy atom. The van der Waals surface area contributed by atoms with E-state index < -0.39 is 23.9 Å². The van der Waals surface area contributed by atoms with Crippen LogP contribution in [0.15, 0.2) is 0 Å². The lowest BCUT2D eigenvalue weighted by Gasteiger charge is -2.21. The van der Waals surface area contributed by atoms with Crippen LogP contribution in [0.25, 0.3) is 0 Å². The number of thiol groups is 1. The van der Waals surface area contributed by atoms with Crippen LogP contribution in [0.5, 0.6) is 0 Å². The van der Waals surface area contributed by atoms with Gasteiger partial charge in [0.25, 0.3) is 0 Å². The zero-order valence-electron chi connectivity index (χ0n) is 13.3. The van der Waals surface area contributed by atoms with Gasteiger partial charge < -0.3 is 26.9 Å². The summed E-state index contributed by atoms with van der Waals surface area (Å²) >= 11 is 3.85. The van der Waals surface area contributed by atoms with Crippen molar-refractivity contribution in [3.8, 4) is 0 Å². The molecule has 0 saturated carbocycles. The minimum atomic E-state index is -0.948. The van der Waals surface area contributed by atoms with Crippen molar-refractivity contribution in [2.75, 3.05) is 12.3 Å². The van der Waals surface area contributed by atoms with E-state index in [1.807, 2.05) is 0 Å². The van der Waals surface area contributed by atoms with Gasteiger partial charge in [0.05, 0.1) is 5.75 Å². The van der Waals surface area contributed by atoms with Gasteiger partial charge >= 0.3 is 0 Å². The van der Waals surface area contributed by atoms with E-state index in [1.54, 1.807) is 0 Å². The van der Waals surface area contributed by atoms with Gasteiger partial charge in [-0.05, 0) is 39.2 Å². The van der Waals surface area contributed by atoms with Crippen LogP contribution in [0, 0.1) is 0 Å². The van der Waals surface area contributed by atoms with Gasteiger partial charge in [-0.25, -0.2) is 0 Å². The molecule has 9 heteroatoms. The van der Waals surface area contributed by atoms with Crippen molar-refractivity contribution < 1.29 is 19.2 Å². The third-order valence-corrected chi connectivity index (χ3v) is 3.47. The molecule has 0 bridgehead atoms. The van der Waals surface area contributed by atoms with Crippen molar-refractivity contribution in [3.05, 3.63) is 0 Å². The van der Waals surface area contributed by atoms with E-state index in [9.17, 15) is 19.2 Å². The van der Waals surface area contributed by atoms with Gasteiger partial charge in [-0.3, -0.25) is 14.4 Å². The average Bonchev–Trinajstić information content (AvgIpc) is 2.49. The first-order chi connectivity index (χ1) is 10.8. The number of nitrogens with one attached hydrogen (secondary N) is 2. The number of rotatable bonds is 12. The van der Waals surface area contributed by atoms with E-state index in [4.69, 9.17) is 11.5 Å². The Kier molecular flexibility index (Phi) is 11.1. The minimum absolute atomic E-state index is 0.0513. The van der Waals surface area contributed by atoms with Gasteiger partial charge in [0, 0.05) is 6.42 Å². The molecule has 0 rings (SSSR count). The van der Waals surface area contributed by atoms with Crippen LogP contribution >= 0.6 is 12.6 Å². The molecule has 0 aromatic carbocycles. The largest absolute Gasteiger partial charge is 0.368 e. The van der Waals surface area contributed by atoms with E-state index in [-0.39, 0.29) is 30.3 Å². The summed E-state index contributed by atoms with van der Waals surface area (Å²) in [6, 6.07) is -1.74. The van der Waals surface area contributed by atoms with E-state index in [2.05, 4.69) is 23.3 Å². The number of amides is 3. The molecule has 2 atom stereocenters. The first kappa shape index (κ1) is 21.4. The Bertz CT molecular complexity index is 431. The fourth-order valence-electron chi connectivity index (χ4n) is 1.91. The molecule has 0 aromatic rings. The lowest BCUT2D eigenvalue weighted by Crippen LogP contribution is -2.53. The second kappa shape index (κ2) is 11.9. The highest BCUT2D eigenvalue weighted by molar-refractivity contribution is 7.81. The maximum atomic E-state index is 12.3. The number of carbonyl (C=O) groups excluding carboxylic acids is 4. The maximum Gasteiger partial charge on any atom is 0.243 e. The normalized spacial score (nSPS) is 13.0. The van der Waals surface area contributed by atoms with Gasteiger partial charge in [0.15, 0.2) is 0 Å². The fourth-order valence-corrected chi connectivity index (χ4v) is 2.00. The number of unbranched alkanes of at least 4 members (excludes halogenated alkanes) is 1. The smallest absolute Gasteiger partial charge is 0.243 e. The van der Waals surface area contributed by atoms with Gasteiger partial charge in [0.2, 0.25) is 17.7 Å². The van der Waals surface area contributed by atoms with Crippen LogP contribution in [0.2, 0.25) is 0 Å². The number of primary amides is 1. The first-order valence-electron chi connectivity index (χ1n) is 7.51. The van der Waals surface area contributed by atoms with Crippen molar-refractivity contribution in [1.82, 2.24) is 10.6 Å². The summed E-state index contributed by atoms with van der Waals surface area (Å²) in [6.45, 7) is 1.87. The molecule has 8 nitrogen and oxygen atoms in total. The van der Waals surface area contributed by atoms with E-state index in [1.165, 1.54) is 6.92 Å². The average molecular weight is 346 g/mol. The summed E-state index contributed by atoms with van der Waals surface area (Å²) in [5.41, 5.74) is 10.7. The SMILES string of the molecule is CC(=O)CC[C@H](NC(=O)[C@H](CCCCN)NC(=O)CS)C(N)=O. The van der Waals surface area contributed by atoms with Crippen molar-refractivity contribution in [1.29, 1.82) is 0 Å². The molecule has 0 fully saturated rings. The standard InChI is InChI=1S/C14H26N4O4S/c1-9(19)5-6-10(13(16)21)18-14(22)11(4-2-3-7-15)17-12(20)8-23/h10-11,23H,2-8,15H2,1H3,(H2,16,21)(H,17,20)(H,18,22)/t10-,11-/m0/s1. The Hall–Kier alpha value is -1.61. The van der Waals surface area contributed by atoms with E-state index >= 15 is 0 Å². The molecule has 0 saturated heterocycles. The summed E-state index contributed by atoms with van der Waals surface area (Å²) < 4.78 is 0. The topological polar surface area (TPSA) is 144 Å². The van der Waals surface area contributed by atoms with E-state index in [0.29, 0.717) is 25.8 Å². The number of carbonyl (C=O) groups is 4. The molecule has 0 heterocycles. The molecule has 6 N–H and O–H groups in total. The predicted molar refractivity (Wildman–Crippen MR) is 89.7 cm³/mol. The number of nitrogens with two attached hydrogens (primary N) is 2. The molecular formula is C14H26N4O4S. The molecule has 0 spiro atoms. The predicted octanol–water partition coefficient (Wildman–Crippen LogP) is -1.13. The van der Waals surface area contributed by atoms with Gasteiger partial charge in [-0.1, -0.05) is 0 Å². The molecule has 0 aliphatic carbocycles. The molecule has 0 radical (unpaired) electrons. The molecular weight excluding hydrogens is 320 g/mol. The van der Waals surface area contributed by atoms with Crippen LogP contribution in [-0.4, -0.2) is 47.9 Å². The summed E-state index contributed by atoms with van der Waals surface area (Å²) in [5.74, 6) is -1.77. The van der Waals surface area contributed by atoms with Crippen LogP contribution < -0.4 is 22.1 Å². The second-order valence-corrected chi connectivity index (χ2v) is 5.58. The highest BCUT2D eigenvalue weighted by Crippen LogP contribution is 2.04. The Balaban J connectivity index is 4.76. The number of ketones is 1. The van der Waals surface area contributed by atoms with Gasteiger partial charge in [0.1, 0.15) is 17.9 Å². The fraction of sp³-hybridized carbons (Fsp3) is 0.714. The van der Waals surface area contributed by atoms with Gasteiger partial charge in [-0.15, -0.1) is 0 Å². The molecule has 0 aromatic heterocycles. The van der Waals surface area contributed by atoms with Crippen molar-refractivity contribution in [3.63, 3.8) is 0 Å². The highest BCUT2D eigenvalue weighted by atomic mass is 32.1. The Morgan fingerprint density at radius 3 is 2.17 bits per heavy atom. The van der Waals surface area contributed by atoms with Crippen LogP contribution in [0.1, 0.15) is 39.0 Å². The quantitative estimate of drug-likeness (QED) is 0.224. The summed E-state index contributed by atoms with van der Waals surface area (Å²) in [5, 5.41) is 5.04. The Labute approximate surface area is 141 Å². The third kappa shape index (κ3) is 9.90.